The summed E-state index contributed by atoms with van der Waals surface area (Å²) in [6, 6.07) is 10.3. The van der Waals surface area contributed by atoms with Crippen LogP contribution in [0, 0.1) is 0 Å². The summed E-state index contributed by atoms with van der Waals surface area (Å²) in [6.45, 7) is 0.939. The maximum atomic E-state index is 5.73. The van der Waals surface area contributed by atoms with Gasteiger partial charge in [-0.1, -0.05) is 12.1 Å². The van der Waals surface area contributed by atoms with Crippen LogP contribution in [-0.2, 0) is 12.4 Å². The zero-order chi connectivity index (χ0) is 11.2. The summed E-state index contributed by atoms with van der Waals surface area (Å²) in [4.78, 5) is 1.28. The number of alkyl halides is 1. The summed E-state index contributed by atoms with van der Waals surface area (Å²) >= 11 is 7.57. The average Bonchev–Trinajstić information content (AvgIpc) is 2.83. The molecule has 0 amide bonds. The molecule has 84 valence electrons. The zero-order valence-corrected chi connectivity index (χ0v) is 10.4. The van der Waals surface area contributed by atoms with Crippen LogP contribution in [-0.4, -0.2) is 15.5 Å². The third-order valence-corrected chi connectivity index (χ3v) is 3.53. The monoisotopic (exact) mass is 252 g/mol. The Balaban J connectivity index is 1.81. The van der Waals surface area contributed by atoms with Gasteiger partial charge in [0.15, 0.2) is 0 Å². The largest absolute Gasteiger partial charge is 0.272 e. The van der Waals surface area contributed by atoms with Crippen LogP contribution in [0.3, 0.4) is 0 Å². The van der Waals surface area contributed by atoms with Crippen LogP contribution < -0.4 is 0 Å². The molecule has 0 aliphatic rings. The topological polar surface area (TPSA) is 17.8 Å². The van der Waals surface area contributed by atoms with Crippen LogP contribution in [0.15, 0.2) is 47.6 Å². The quantitative estimate of drug-likeness (QED) is 0.600. The molecule has 0 fully saturated rings. The third-order valence-electron chi connectivity index (χ3n) is 2.23. The molecule has 0 unspecified atom stereocenters. The van der Waals surface area contributed by atoms with E-state index >= 15 is 0 Å². The third kappa shape index (κ3) is 3.29. The van der Waals surface area contributed by atoms with Gasteiger partial charge in [-0.25, -0.2) is 0 Å². The lowest BCUT2D eigenvalue weighted by Gasteiger charge is -2.03. The van der Waals surface area contributed by atoms with E-state index in [1.54, 1.807) is 6.20 Å². The molecule has 0 saturated carbocycles. The average molecular weight is 253 g/mol. The van der Waals surface area contributed by atoms with Crippen molar-refractivity contribution in [1.82, 2.24) is 9.78 Å². The fourth-order valence-corrected chi connectivity index (χ4v) is 2.39. The molecule has 1 heterocycles. The van der Waals surface area contributed by atoms with Crippen molar-refractivity contribution in [3.63, 3.8) is 0 Å². The first-order chi connectivity index (χ1) is 7.88. The lowest BCUT2D eigenvalue weighted by atomic mass is 10.2. The lowest BCUT2D eigenvalue weighted by Crippen LogP contribution is -2.00. The van der Waals surface area contributed by atoms with Gasteiger partial charge in [0, 0.05) is 28.9 Å². The minimum Gasteiger partial charge on any atom is -0.272 e. The predicted octanol–water partition coefficient (Wildman–Crippen LogP) is 3.41. The van der Waals surface area contributed by atoms with Crippen molar-refractivity contribution >= 4 is 23.4 Å². The number of hydrogen-bond acceptors (Lipinski definition) is 2. The highest BCUT2D eigenvalue weighted by molar-refractivity contribution is 7.99. The summed E-state index contributed by atoms with van der Waals surface area (Å²) in [7, 11) is 0. The fourth-order valence-electron chi connectivity index (χ4n) is 1.36. The molecule has 0 saturated heterocycles. The highest BCUT2D eigenvalue weighted by Gasteiger charge is 1.96. The van der Waals surface area contributed by atoms with Crippen LogP contribution in [0.5, 0.6) is 0 Å². The molecule has 1 aromatic carbocycles. The highest BCUT2D eigenvalue weighted by Crippen LogP contribution is 2.19. The van der Waals surface area contributed by atoms with Gasteiger partial charge in [-0.3, -0.25) is 4.68 Å². The van der Waals surface area contributed by atoms with E-state index in [2.05, 4.69) is 29.4 Å². The number of aromatic nitrogens is 2. The van der Waals surface area contributed by atoms with Gasteiger partial charge in [-0.15, -0.1) is 23.4 Å². The van der Waals surface area contributed by atoms with Crippen LogP contribution in [0.2, 0.25) is 0 Å². The van der Waals surface area contributed by atoms with Gasteiger partial charge in [0.05, 0.1) is 6.54 Å². The molecule has 2 aromatic rings. The minimum atomic E-state index is 0.582. The molecule has 0 spiro atoms. The summed E-state index contributed by atoms with van der Waals surface area (Å²) < 4.78 is 1.94. The zero-order valence-electron chi connectivity index (χ0n) is 8.84. The van der Waals surface area contributed by atoms with E-state index < -0.39 is 0 Å². The van der Waals surface area contributed by atoms with Crippen molar-refractivity contribution in [2.75, 3.05) is 5.75 Å². The van der Waals surface area contributed by atoms with Crippen LogP contribution in [0.25, 0.3) is 0 Å². The molecule has 4 heteroatoms. The Labute approximate surface area is 105 Å². The van der Waals surface area contributed by atoms with Gasteiger partial charge in [0.2, 0.25) is 0 Å². The standard InChI is InChI=1S/C12H13ClN2S/c13-10-11-2-4-12(5-3-11)16-9-8-15-7-1-6-14-15/h1-7H,8-10H2. The SMILES string of the molecule is ClCc1ccc(SCCn2cccn2)cc1. The molecule has 2 nitrogen and oxygen atoms in total. The fraction of sp³-hybridized carbons (Fsp3) is 0.250. The molecule has 0 aliphatic carbocycles. The highest BCUT2D eigenvalue weighted by atomic mass is 35.5. The molecular weight excluding hydrogens is 240 g/mol. The normalized spacial score (nSPS) is 10.6. The molecule has 0 atom stereocenters. The summed E-state index contributed by atoms with van der Waals surface area (Å²) in [6.07, 6.45) is 3.79. The molecule has 0 N–H and O–H groups in total. The second-order valence-electron chi connectivity index (χ2n) is 3.40. The Hall–Kier alpha value is -0.930. The van der Waals surface area contributed by atoms with Gasteiger partial charge in [-0.2, -0.15) is 5.10 Å². The molecule has 1 aromatic heterocycles. The maximum absolute atomic E-state index is 5.73. The number of aryl methyl sites for hydroxylation is 1. The smallest absolute Gasteiger partial charge is 0.0503 e. The van der Waals surface area contributed by atoms with Crippen molar-refractivity contribution < 1.29 is 0 Å². The first-order valence-electron chi connectivity index (χ1n) is 5.13. The Morgan fingerprint density at radius 2 is 2.06 bits per heavy atom. The number of rotatable bonds is 5. The van der Waals surface area contributed by atoms with Crippen LogP contribution in [0.4, 0.5) is 0 Å². The van der Waals surface area contributed by atoms with Crippen molar-refractivity contribution in [2.24, 2.45) is 0 Å². The molecule has 0 bridgehead atoms. The predicted molar refractivity (Wildman–Crippen MR) is 69.0 cm³/mol. The molecule has 0 radical (unpaired) electrons. The van der Waals surface area contributed by atoms with E-state index in [0.29, 0.717) is 5.88 Å². The van der Waals surface area contributed by atoms with Gasteiger partial charge in [0.25, 0.3) is 0 Å². The van der Waals surface area contributed by atoms with E-state index in [9.17, 15) is 0 Å². The first-order valence-corrected chi connectivity index (χ1v) is 6.65. The second kappa shape index (κ2) is 5.97. The van der Waals surface area contributed by atoms with E-state index in [0.717, 1.165) is 17.9 Å². The number of hydrogen-bond donors (Lipinski definition) is 0. The van der Waals surface area contributed by atoms with E-state index in [4.69, 9.17) is 11.6 Å². The second-order valence-corrected chi connectivity index (χ2v) is 4.83. The number of halogens is 1. The first kappa shape index (κ1) is 11.6. The van der Waals surface area contributed by atoms with E-state index in [1.165, 1.54) is 4.90 Å². The molecular formula is C12H13ClN2S. The molecule has 2 rings (SSSR count). The maximum Gasteiger partial charge on any atom is 0.0503 e. The molecule has 16 heavy (non-hydrogen) atoms. The number of nitrogens with zero attached hydrogens (tertiary/aromatic N) is 2. The summed E-state index contributed by atoms with van der Waals surface area (Å²) in [5.74, 6) is 1.61. The molecule has 0 aliphatic heterocycles. The van der Waals surface area contributed by atoms with Crippen molar-refractivity contribution in [3.05, 3.63) is 48.3 Å². The Morgan fingerprint density at radius 3 is 2.69 bits per heavy atom. The van der Waals surface area contributed by atoms with Gasteiger partial charge in [0.1, 0.15) is 0 Å². The number of thioether (sulfide) groups is 1. The number of benzene rings is 1. The summed E-state index contributed by atoms with van der Waals surface area (Å²) in [5, 5.41) is 4.16. The van der Waals surface area contributed by atoms with Crippen molar-refractivity contribution in [2.45, 2.75) is 17.3 Å². The van der Waals surface area contributed by atoms with Gasteiger partial charge >= 0.3 is 0 Å². The lowest BCUT2D eigenvalue weighted by molar-refractivity contribution is 0.666. The Morgan fingerprint density at radius 1 is 1.25 bits per heavy atom. The van der Waals surface area contributed by atoms with E-state index in [1.807, 2.05) is 28.7 Å². The van der Waals surface area contributed by atoms with Gasteiger partial charge in [-0.05, 0) is 23.8 Å². The van der Waals surface area contributed by atoms with Crippen molar-refractivity contribution in [3.8, 4) is 0 Å². The Bertz CT molecular complexity index is 411. The summed E-state index contributed by atoms with van der Waals surface area (Å²) in [5.41, 5.74) is 1.16. The van der Waals surface area contributed by atoms with Gasteiger partial charge < -0.3 is 0 Å². The van der Waals surface area contributed by atoms with E-state index in [-0.39, 0.29) is 0 Å². The van der Waals surface area contributed by atoms with Crippen LogP contribution in [0.1, 0.15) is 5.56 Å². The minimum absolute atomic E-state index is 0.582. The Kier molecular flexibility index (Phi) is 4.31. The van der Waals surface area contributed by atoms with Crippen molar-refractivity contribution in [1.29, 1.82) is 0 Å². The van der Waals surface area contributed by atoms with Crippen LogP contribution >= 0.6 is 23.4 Å².